The molecule has 0 heterocycles. The van der Waals surface area contributed by atoms with Crippen LogP contribution in [0.4, 0.5) is 0 Å². The molecule has 1 N–H and O–H groups in total. The number of carbonyl (C=O) groups excluding carboxylic acids is 1. The molecule has 0 aliphatic carbocycles. The van der Waals surface area contributed by atoms with E-state index in [1.165, 1.54) is 0 Å². The van der Waals surface area contributed by atoms with Crippen molar-refractivity contribution in [3.8, 4) is 0 Å². The number of ketones is 1. The quantitative estimate of drug-likeness (QED) is 0.593. The number of carboxylic acid groups (broad SMARTS) is 1. The third-order valence-corrected chi connectivity index (χ3v) is 2.54. The van der Waals surface area contributed by atoms with Crippen LogP contribution in [0.3, 0.4) is 0 Å². The molecule has 0 amide bonds. The maximum Gasteiger partial charge on any atom is 0.307 e. The zero-order valence-electron chi connectivity index (χ0n) is 8.09. The van der Waals surface area contributed by atoms with Gasteiger partial charge in [-0.1, -0.05) is 30.3 Å². The van der Waals surface area contributed by atoms with Crippen LogP contribution in [0.2, 0.25) is 0 Å². The van der Waals surface area contributed by atoms with Crippen LogP contribution >= 0.6 is 12.6 Å². The molecular formula is C11H12O3S. The van der Waals surface area contributed by atoms with Crippen molar-refractivity contribution in [3.63, 3.8) is 0 Å². The molecule has 1 unspecified atom stereocenters. The zero-order chi connectivity index (χ0) is 11.3. The van der Waals surface area contributed by atoms with Crippen molar-refractivity contribution < 1.29 is 14.7 Å². The maximum atomic E-state index is 11.6. The highest BCUT2D eigenvalue weighted by atomic mass is 32.1. The predicted molar refractivity (Wildman–Crippen MR) is 60.4 cm³/mol. The second kappa shape index (κ2) is 5.56. The van der Waals surface area contributed by atoms with Gasteiger partial charge in [-0.15, -0.1) is 0 Å². The van der Waals surface area contributed by atoms with E-state index >= 15 is 0 Å². The van der Waals surface area contributed by atoms with Gasteiger partial charge in [-0.3, -0.25) is 9.59 Å². The van der Waals surface area contributed by atoms with Crippen LogP contribution in [0.1, 0.15) is 16.8 Å². The van der Waals surface area contributed by atoms with Crippen molar-refractivity contribution >= 4 is 24.4 Å². The average molecular weight is 224 g/mol. The molecule has 1 aromatic rings. The molecule has 1 rings (SSSR count). The summed E-state index contributed by atoms with van der Waals surface area (Å²) in [4.78, 5) is 22.3. The Morgan fingerprint density at radius 2 is 1.87 bits per heavy atom. The highest BCUT2D eigenvalue weighted by Crippen LogP contribution is 2.11. The molecule has 0 spiro atoms. The van der Waals surface area contributed by atoms with Gasteiger partial charge in [0.1, 0.15) is 0 Å². The van der Waals surface area contributed by atoms with Crippen molar-refractivity contribution in [2.24, 2.45) is 5.92 Å². The Morgan fingerprint density at radius 3 is 2.33 bits per heavy atom. The lowest BCUT2D eigenvalue weighted by Gasteiger charge is -2.07. The van der Waals surface area contributed by atoms with Gasteiger partial charge in [0, 0.05) is 17.7 Å². The molecule has 0 radical (unpaired) electrons. The Labute approximate surface area is 93.5 Å². The highest BCUT2D eigenvalue weighted by Gasteiger charge is 2.20. The standard InChI is InChI=1S/C11H12O3S/c12-10(6-9(7-15)11(13)14)8-4-2-1-3-5-8/h1-5,9,15H,6-7H2,(H,13,14). The van der Waals surface area contributed by atoms with Crippen molar-refractivity contribution in [2.75, 3.05) is 5.75 Å². The third-order valence-electron chi connectivity index (χ3n) is 2.10. The number of hydrogen-bond donors (Lipinski definition) is 2. The normalized spacial score (nSPS) is 12.1. The summed E-state index contributed by atoms with van der Waals surface area (Å²) in [5, 5.41) is 8.77. The topological polar surface area (TPSA) is 54.4 Å². The number of hydrogen-bond acceptors (Lipinski definition) is 3. The molecule has 1 atom stereocenters. The molecule has 0 fully saturated rings. The van der Waals surface area contributed by atoms with Gasteiger partial charge in [0.15, 0.2) is 5.78 Å². The van der Waals surface area contributed by atoms with Gasteiger partial charge in [-0.05, 0) is 0 Å². The van der Waals surface area contributed by atoms with E-state index in [1.807, 2.05) is 6.07 Å². The number of thiol groups is 1. The number of rotatable bonds is 5. The number of Topliss-reactive ketones (excluding diaryl/α,β-unsaturated/α-hetero) is 1. The first-order valence-corrected chi connectivity index (χ1v) is 5.20. The Kier molecular flexibility index (Phi) is 4.37. The Bertz CT molecular complexity index is 348. The van der Waals surface area contributed by atoms with Crippen LogP contribution in [0.25, 0.3) is 0 Å². The minimum atomic E-state index is -0.978. The molecule has 15 heavy (non-hydrogen) atoms. The third kappa shape index (κ3) is 3.40. The zero-order valence-corrected chi connectivity index (χ0v) is 8.98. The molecule has 4 heteroatoms. The predicted octanol–water partition coefficient (Wildman–Crippen LogP) is 1.89. The summed E-state index contributed by atoms with van der Waals surface area (Å²) in [6, 6.07) is 8.68. The van der Waals surface area contributed by atoms with Gasteiger partial charge in [-0.2, -0.15) is 12.6 Å². The minimum Gasteiger partial charge on any atom is -0.481 e. The summed E-state index contributed by atoms with van der Waals surface area (Å²) in [6.07, 6.45) is 0.00282. The summed E-state index contributed by atoms with van der Waals surface area (Å²) in [7, 11) is 0. The van der Waals surface area contributed by atoms with Gasteiger partial charge < -0.3 is 5.11 Å². The van der Waals surface area contributed by atoms with E-state index in [0.717, 1.165) is 0 Å². The Hall–Kier alpha value is -1.29. The van der Waals surface area contributed by atoms with Crippen molar-refractivity contribution in [3.05, 3.63) is 35.9 Å². The Balaban J connectivity index is 2.67. The summed E-state index contributed by atoms with van der Waals surface area (Å²) in [6.45, 7) is 0. The summed E-state index contributed by atoms with van der Waals surface area (Å²) in [5.74, 6) is -1.67. The molecule has 0 bridgehead atoms. The summed E-state index contributed by atoms with van der Waals surface area (Å²) < 4.78 is 0. The molecule has 0 saturated carbocycles. The largest absolute Gasteiger partial charge is 0.481 e. The van der Waals surface area contributed by atoms with E-state index in [0.29, 0.717) is 5.56 Å². The molecule has 0 aliphatic rings. The molecular weight excluding hydrogens is 212 g/mol. The van der Waals surface area contributed by atoms with Crippen molar-refractivity contribution in [1.29, 1.82) is 0 Å². The molecule has 3 nitrogen and oxygen atoms in total. The smallest absolute Gasteiger partial charge is 0.307 e. The van der Waals surface area contributed by atoms with Crippen molar-refractivity contribution in [1.82, 2.24) is 0 Å². The Morgan fingerprint density at radius 1 is 1.27 bits per heavy atom. The summed E-state index contributed by atoms with van der Waals surface area (Å²) >= 11 is 3.91. The van der Waals surface area contributed by atoms with Gasteiger partial charge in [0.25, 0.3) is 0 Å². The van der Waals surface area contributed by atoms with Crippen LogP contribution in [-0.2, 0) is 4.79 Å². The lowest BCUT2D eigenvalue weighted by molar-refractivity contribution is -0.140. The molecule has 0 saturated heterocycles. The highest BCUT2D eigenvalue weighted by molar-refractivity contribution is 7.80. The van der Waals surface area contributed by atoms with E-state index in [1.54, 1.807) is 24.3 Å². The fraction of sp³-hybridized carbons (Fsp3) is 0.273. The van der Waals surface area contributed by atoms with Gasteiger partial charge in [-0.25, -0.2) is 0 Å². The molecule has 80 valence electrons. The van der Waals surface area contributed by atoms with E-state index in [4.69, 9.17) is 5.11 Å². The van der Waals surface area contributed by atoms with Crippen LogP contribution in [0.5, 0.6) is 0 Å². The molecule has 0 aliphatic heterocycles. The fourth-order valence-corrected chi connectivity index (χ4v) is 1.48. The van der Waals surface area contributed by atoms with Gasteiger partial charge in [0.2, 0.25) is 0 Å². The van der Waals surface area contributed by atoms with Gasteiger partial charge in [0.05, 0.1) is 5.92 Å². The number of carbonyl (C=O) groups is 2. The molecule has 0 aromatic heterocycles. The van der Waals surface area contributed by atoms with Crippen LogP contribution in [0.15, 0.2) is 30.3 Å². The maximum absolute atomic E-state index is 11.6. The van der Waals surface area contributed by atoms with E-state index in [-0.39, 0.29) is 18.0 Å². The fourth-order valence-electron chi connectivity index (χ4n) is 1.20. The average Bonchev–Trinajstić information content (AvgIpc) is 2.26. The van der Waals surface area contributed by atoms with Crippen LogP contribution < -0.4 is 0 Å². The van der Waals surface area contributed by atoms with E-state index < -0.39 is 11.9 Å². The second-order valence-corrected chi connectivity index (χ2v) is 3.58. The monoisotopic (exact) mass is 224 g/mol. The lowest BCUT2D eigenvalue weighted by atomic mass is 10.00. The SMILES string of the molecule is O=C(CC(CS)C(=O)O)c1ccccc1. The summed E-state index contributed by atoms with van der Waals surface area (Å²) in [5.41, 5.74) is 0.547. The first-order valence-electron chi connectivity index (χ1n) is 4.57. The van der Waals surface area contributed by atoms with E-state index in [9.17, 15) is 9.59 Å². The van der Waals surface area contributed by atoms with Crippen molar-refractivity contribution in [2.45, 2.75) is 6.42 Å². The number of aliphatic carboxylic acids is 1. The minimum absolute atomic E-state index is 0.00282. The first-order chi connectivity index (χ1) is 7.15. The van der Waals surface area contributed by atoms with Crippen LogP contribution in [-0.4, -0.2) is 22.6 Å². The second-order valence-electron chi connectivity index (χ2n) is 3.21. The molecule has 1 aromatic carbocycles. The lowest BCUT2D eigenvalue weighted by Crippen LogP contribution is -2.19. The van der Waals surface area contributed by atoms with Crippen LogP contribution in [0, 0.1) is 5.92 Å². The van der Waals surface area contributed by atoms with Gasteiger partial charge >= 0.3 is 5.97 Å². The first kappa shape index (κ1) is 11.8. The van der Waals surface area contributed by atoms with E-state index in [2.05, 4.69) is 12.6 Å². The number of benzene rings is 1. The number of carboxylic acids is 1.